The second-order valence-electron chi connectivity index (χ2n) is 2.22. The second kappa shape index (κ2) is 6.16. The molecule has 0 saturated heterocycles. The third-order valence-corrected chi connectivity index (χ3v) is 1.41. The van der Waals surface area contributed by atoms with Crippen molar-refractivity contribution in [3.63, 3.8) is 0 Å². The lowest BCUT2D eigenvalue weighted by molar-refractivity contribution is 0.310. The number of hydrogen-bond acceptors (Lipinski definition) is 3. The standard InChI is InChI=1S/C6H12N2O.C2H6/c1-8-4-3-7-6(5-8)9-2;1-2/h3-5H2,1-2H3;1-2H3. The molecule has 0 aliphatic carbocycles. The summed E-state index contributed by atoms with van der Waals surface area (Å²) in [6.07, 6.45) is 0. The first-order valence-electron chi connectivity index (χ1n) is 4.09. The van der Waals surface area contributed by atoms with Gasteiger partial charge in [0.1, 0.15) is 0 Å². The van der Waals surface area contributed by atoms with Gasteiger partial charge in [0.05, 0.1) is 20.2 Å². The molecule has 11 heavy (non-hydrogen) atoms. The van der Waals surface area contributed by atoms with Crippen molar-refractivity contribution >= 4 is 5.90 Å². The Morgan fingerprint density at radius 3 is 2.45 bits per heavy atom. The maximum Gasteiger partial charge on any atom is 0.197 e. The highest BCUT2D eigenvalue weighted by Crippen LogP contribution is 1.93. The van der Waals surface area contributed by atoms with E-state index in [1.54, 1.807) is 7.11 Å². The SMILES string of the molecule is CC.COC1=NCCN(C)C1. The van der Waals surface area contributed by atoms with E-state index in [4.69, 9.17) is 4.74 Å². The van der Waals surface area contributed by atoms with E-state index in [2.05, 4.69) is 16.9 Å². The Morgan fingerprint density at radius 2 is 2.09 bits per heavy atom. The summed E-state index contributed by atoms with van der Waals surface area (Å²) in [5.41, 5.74) is 0. The Labute approximate surface area is 69.1 Å². The smallest absolute Gasteiger partial charge is 0.197 e. The summed E-state index contributed by atoms with van der Waals surface area (Å²) in [6.45, 7) is 6.78. The molecule has 0 unspecified atom stereocenters. The van der Waals surface area contributed by atoms with Crippen LogP contribution in [0.4, 0.5) is 0 Å². The van der Waals surface area contributed by atoms with E-state index in [-0.39, 0.29) is 0 Å². The minimum Gasteiger partial charge on any atom is -0.483 e. The van der Waals surface area contributed by atoms with Crippen LogP contribution in [-0.4, -0.2) is 44.6 Å². The van der Waals surface area contributed by atoms with Crippen molar-refractivity contribution < 1.29 is 4.74 Å². The van der Waals surface area contributed by atoms with E-state index >= 15 is 0 Å². The number of aliphatic imine (C=N–C) groups is 1. The number of hydrogen-bond donors (Lipinski definition) is 0. The van der Waals surface area contributed by atoms with Gasteiger partial charge in [-0.25, -0.2) is 0 Å². The quantitative estimate of drug-likeness (QED) is 0.525. The summed E-state index contributed by atoms with van der Waals surface area (Å²) in [4.78, 5) is 6.34. The van der Waals surface area contributed by atoms with Crippen LogP contribution in [0.5, 0.6) is 0 Å². The summed E-state index contributed by atoms with van der Waals surface area (Å²) in [6, 6.07) is 0. The topological polar surface area (TPSA) is 24.8 Å². The van der Waals surface area contributed by atoms with Crippen LogP contribution in [0.3, 0.4) is 0 Å². The molecule has 0 amide bonds. The van der Waals surface area contributed by atoms with Crippen LogP contribution in [0, 0.1) is 0 Å². The zero-order chi connectivity index (χ0) is 8.69. The molecule has 0 fully saturated rings. The Morgan fingerprint density at radius 1 is 1.45 bits per heavy atom. The molecule has 0 aromatic carbocycles. The molecule has 1 heterocycles. The van der Waals surface area contributed by atoms with Crippen molar-refractivity contribution in [2.45, 2.75) is 13.8 Å². The molecule has 0 aromatic heterocycles. The van der Waals surface area contributed by atoms with Crippen molar-refractivity contribution in [2.24, 2.45) is 4.99 Å². The third-order valence-electron chi connectivity index (χ3n) is 1.41. The average Bonchev–Trinajstić information content (AvgIpc) is 2.08. The van der Waals surface area contributed by atoms with Gasteiger partial charge in [0.2, 0.25) is 0 Å². The molecule has 0 N–H and O–H groups in total. The van der Waals surface area contributed by atoms with Crippen LogP contribution in [0.2, 0.25) is 0 Å². The zero-order valence-electron chi connectivity index (χ0n) is 7.92. The molecule has 1 aliphatic heterocycles. The molecule has 0 aromatic rings. The monoisotopic (exact) mass is 158 g/mol. The largest absolute Gasteiger partial charge is 0.483 e. The van der Waals surface area contributed by atoms with Gasteiger partial charge in [-0.15, -0.1) is 0 Å². The summed E-state index contributed by atoms with van der Waals surface area (Å²) in [5.74, 6) is 0.851. The van der Waals surface area contributed by atoms with Crippen LogP contribution in [-0.2, 0) is 4.74 Å². The Hall–Kier alpha value is -0.570. The van der Waals surface area contributed by atoms with Gasteiger partial charge in [-0.2, -0.15) is 0 Å². The van der Waals surface area contributed by atoms with Crippen molar-refractivity contribution in [3.8, 4) is 0 Å². The van der Waals surface area contributed by atoms with Gasteiger partial charge in [0.25, 0.3) is 0 Å². The van der Waals surface area contributed by atoms with Gasteiger partial charge in [0.15, 0.2) is 5.90 Å². The Kier molecular flexibility index (Phi) is 5.84. The van der Waals surface area contributed by atoms with Crippen LogP contribution in [0.25, 0.3) is 0 Å². The Bertz CT molecular complexity index is 123. The van der Waals surface area contributed by atoms with Crippen molar-refractivity contribution in [1.82, 2.24) is 4.90 Å². The van der Waals surface area contributed by atoms with E-state index < -0.39 is 0 Å². The summed E-state index contributed by atoms with van der Waals surface area (Å²) < 4.78 is 4.97. The first kappa shape index (κ1) is 10.4. The van der Waals surface area contributed by atoms with E-state index in [1.165, 1.54) is 0 Å². The lowest BCUT2D eigenvalue weighted by atomic mass is 10.4. The van der Waals surface area contributed by atoms with E-state index in [9.17, 15) is 0 Å². The average molecular weight is 158 g/mol. The molecule has 0 spiro atoms. The fourth-order valence-corrected chi connectivity index (χ4v) is 0.834. The van der Waals surface area contributed by atoms with E-state index in [0.29, 0.717) is 0 Å². The van der Waals surface area contributed by atoms with Gasteiger partial charge in [-0.1, -0.05) is 13.8 Å². The molecule has 3 heteroatoms. The van der Waals surface area contributed by atoms with Crippen LogP contribution in [0.1, 0.15) is 13.8 Å². The van der Waals surface area contributed by atoms with Gasteiger partial charge < -0.3 is 4.74 Å². The minimum atomic E-state index is 0.851. The lowest BCUT2D eigenvalue weighted by Gasteiger charge is -2.20. The van der Waals surface area contributed by atoms with Gasteiger partial charge in [0, 0.05) is 6.54 Å². The molecular formula is C8H18N2O. The molecule has 0 saturated carbocycles. The highest BCUT2D eigenvalue weighted by molar-refractivity contribution is 5.78. The number of likely N-dealkylation sites (N-methyl/N-ethyl adjacent to an activating group) is 1. The first-order valence-corrected chi connectivity index (χ1v) is 4.09. The predicted octanol–water partition coefficient (Wildman–Crippen LogP) is 1.00. The molecule has 0 radical (unpaired) electrons. The molecular weight excluding hydrogens is 140 g/mol. The molecule has 3 nitrogen and oxygen atoms in total. The number of ether oxygens (including phenoxy) is 1. The van der Waals surface area contributed by atoms with Crippen LogP contribution < -0.4 is 0 Å². The highest BCUT2D eigenvalue weighted by Gasteiger charge is 2.08. The normalized spacial score (nSPS) is 18.0. The van der Waals surface area contributed by atoms with Gasteiger partial charge >= 0.3 is 0 Å². The van der Waals surface area contributed by atoms with Gasteiger partial charge in [-0.3, -0.25) is 9.89 Å². The van der Waals surface area contributed by atoms with Crippen molar-refractivity contribution in [3.05, 3.63) is 0 Å². The molecule has 0 bridgehead atoms. The third kappa shape index (κ3) is 3.98. The minimum absolute atomic E-state index is 0.851. The second-order valence-corrected chi connectivity index (χ2v) is 2.22. The van der Waals surface area contributed by atoms with Crippen molar-refractivity contribution in [2.75, 3.05) is 33.8 Å². The molecule has 66 valence electrons. The lowest BCUT2D eigenvalue weighted by Crippen LogP contribution is -2.33. The number of methoxy groups -OCH3 is 1. The van der Waals surface area contributed by atoms with Crippen LogP contribution >= 0.6 is 0 Å². The molecule has 1 aliphatic rings. The highest BCUT2D eigenvalue weighted by atomic mass is 16.5. The fraction of sp³-hybridized carbons (Fsp3) is 0.875. The summed E-state index contributed by atoms with van der Waals surface area (Å²) in [5, 5.41) is 0. The Balaban J connectivity index is 0.000000461. The number of rotatable bonds is 0. The maximum absolute atomic E-state index is 4.97. The molecule has 1 rings (SSSR count). The predicted molar refractivity (Wildman–Crippen MR) is 48.2 cm³/mol. The van der Waals surface area contributed by atoms with E-state index in [1.807, 2.05) is 13.8 Å². The zero-order valence-corrected chi connectivity index (χ0v) is 7.92. The summed E-state index contributed by atoms with van der Waals surface area (Å²) >= 11 is 0. The van der Waals surface area contributed by atoms with E-state index in [0.717, 1.165) is 25.5 Å². The fourth-order valence-electron chi connectivity index (χ4n) is 0.834. The first-order chi connectivity index (χ1) is 5.33. The molecule has 0 atom stereocenters. The van der Waals surface area contributed by atoms with Gasteiger partial charge in [-0.05, 0) is 7.05 Å². The maximum atomic E-state index is 4.97. The summed E-state index contributed by atoms with van der Waals surface area (Å²) in [7, 11) is 3.73. The number of nitrogens with zero attached hydrogens (tertiary/aromatic N) is 2. The van der Waals surface area contributed by atoms with Crippen LogP contribution in [0.15, 0.2) is 4.99 Å². The van der Waals surface area contributed by atoms with Crippen molar-refractivity contribution in [1.29, 1.82) is 0 Å².